The number of β-amino-alcohol motifs (C(OH)–C–C–N with tert-alkyl or cyclic N) is 1. The van der Waals surface area contributed by atoms with Crippen molar-refractivity contribution in [3.8, 4) is 0 Å². The molecule has 0 bridgehead atoms. The molecule has 1 aliphatic rings. The molecule has 1 N–H and O–H groups in total. The van der Waals surface area contributed by atoms with Crippen LogP contribution in [0.15, 0.2) is 18.7 Å². The normalized spacial score (nSPS) is 20.9. The molecule has 0 aliphatic carbocycles. The molecule has 1 unspecified atom stereocenters. The lowest BCUT2D eigenvalue weighted by Crippen LogP contribution is -2.34. The number of rotatable bonds is 3. The van der Waals surface area contributed by atoms with Gasteiger partial charge in [-0.15, -0.1) is 0 Å². The van der Waals surface area contributed by atoms with Gasteiger partial charge in [0.1, 0.15) is 6.23 Å². The van der Waals surface area contributed by atoms with Crippen LogP contribution in [-0.4, -0.2) is 39.2 Å². The fourth-order valence-corrected chi connectivity index (χ4v) is 1.91. The van der Waals surface area contributed by atoms with Gasteiger partial charge in [0.15, 0.2) is 0 Å². The molecule has 1 atom stereocenters. The maximum atomic E-state index is 9.84. The molecule has 1 aromatic rings. The number of nitrogens with zero attached hydrogens (tertiary/aromatic N) is 3. The zero-order valence-electron chi connectivity index (χ0n) is 8.34. The van der Waals surface area contributed by atoms with Gasteiger partial charge >= 0.3 is 0 Å². The Morgan fingerprint density at radius 3 is 2.71 bits per heavy atom. The third kappa shape index (κ3) is 2.33. The molecule has 78 valence electrons. The van der Waals surface area contributed by atoms with E-state index < -0.39 is 6.23 Å². The highest BCUT2D eigenvalue weighted by atomic mass is 16.3. The van der Waals surface area contributed by atoms with Crippen molar-refractivity contribution in [1.29, 1.82) is 0 Å². The Labute approximate surface area is 84.2 Å². The minimum atomic E-state index is -0.449. The number of hydrogen-bond acceptors (Lipinski definition) is 3. The smallest absolute Gasteiger partial charge is 0.144 e. The van der Waals surface area contributed by atoms with Gasteiger partial charge in [0.05, 0.1) is 6.33 Å². The highest BCUT2D eigenvalue weighted by Crippen LogP contribution is 2.12. The van der Waals surface area contributed by atoms with Crippen molar-refractivity contribution in [3.63, 3.8) is 0 Å². The average molecular weight is 195 g/mol. The third-order valence-corrected chi connectivity index (χ3v) is 2.74. The van der Waals surface area contributed by atoms with Crippen LogP contribution in [0.5, 0.6) is 0 Å². The van der Waals surface area contributed by atoms with E-state index >= 15 is 0 Å². The van der Waals surface area contributed by atoms with E-state index in [1.165, 1.54) is 19.3 Å². The summed E-state index contributed by atoms with van der Waals surface area (Å²) in [6.07, 6.45) is 8.56. The molecule has 1 aromatic heterocycles. The molecule has 4 nitrogen and oxygen atoms in total. The summed E-state index contributed by atoms with van der Waals surface area (Å²) in [5, 5.41) is 9.84. The lowest BCUT2D eigenvalue weighted by molar-refractivity contribution is 0.0496. The maximum Gasteiger partial charge on any atom is 0.144 e. The lowest BCUT2D eigenvalue weighted by Gasteiger charge is -2.28. The summed E-state index contributed by atoms with van der Waals surface area (Å²) in [5.74, 6) is 0. The first-order chi connectivity index (χ1) is 6.86. The number of piperidine rings is 1. The van der Waals surface area contributed by atoms with Crippen molar-refractivity contribution in [2.75, 3.05) is 19.6 Å². The Kier molecular flexibility index (Phi) is 3.16. The summed E-state index contributed by atoms with van der Waals surface area (Å²) in [6.45, 7) is 2.95. The molecule has 0 spiro atoms. The third-order valence-electron chi connectivity index (χ3n) is 2.74. The number of aromatic nitrogens is 2. The first-order valence-corrected chi connectivity index (χ1v) is 5.24. The van der Waals surface area contributed by atoms with Crippen molar-refractivity contribution >= 4 is 0 Å². The molecule has 0 amide bonds. The van der Waals surface area contributed by atoms with Crippen LogP contribution in [0.2, 0.25) is 0 Å². The molecule has 0 aromatic carbocycles. The average Bonchev–Trinajstić information content (AvgIpc) is 2.72. The standard InChI is InChI=1S/C10H17N3O/c14-10(13-7-4-11-9-13)8-12-5-2-1-3-6-12/h4,7,9-10,14H,1-3,5-6,8H2. The SMILES string of the molecule is OC(CN1CCCCC1)n1ccnc1. The van der Waals surface area contributed by atoms with E-state index in [1.54, 1.807) is 23.3 Å². The predicted molar refractivity (Wildman–Crippen MR) is 53.8 cm³/mol. The molecule has 2 rings (SSSR count). The topological polar surface area (TPSA) is 41.3 Å². The van der Waals surface area contributed by atoms with Crippen LogP contribution in [0.1, 0.15) is 25.5 Å². The molecule has 1 fully saturated rings. The maximum absolute atomic E-state index is 9.84. The second-order valence-corrected chi connectivity index (χ2v) is 3.85. The van der Waals surface area contributed by atoms with E-state index in [4.69, 9.17) is 0 Å². The van der Waals surface area contributed by atoms with Crippen LogP contribution < -0.4 is 0 Å². The van der Waals surface area contributed by atoms with Crippen LogP contribution in [0, 0.1) is 0 Å². The van der Waals surface area contributed by atoms with Crippen molar-refractivity contribution in [2.45, 2.75) is 25.5 Å². The van der Waals surface area contributed by atoms with Crippen LogP contribution in [-0.2, 0) is 0 Å². The van der Waals surface area contributed by atoms with E-state index in [1.807, 2.05) is 0 Å². The van der Waals surface area contributed by atoms with Gasteiger partial charge in [-0.2, -0.15) is 0 Å². The summed E-state index contributed by atoms with van der Waals surface area (Å²) in [5.41, 5.74) is 0. The van der Waals surface area contributed by atoms with Gasteiger partial charge in [-0.1, -0.05) is 6.42 Å². The molecule has 4 heteroatoms. The zero-order valence-corrected chi connectivity index (χ0v) is 8.34. The van der Waals surface area contributed by atoms with Gasteiger partial charge in [0.2, 0.25) is 0 Å². The second kappa shape index (κ2) is 4.57. The van der Waals surface area contributed by atoms with E-state index in [9.17, 15) is 5.11 Å². The molecular weight excluding hydrogens is 178 g/mol. The van der Waals surface area contributed by atoms with E-state index in [2.05, 4.69) is 9.88 Å². The van der Waals surface area contributed by atoms with Gasteiger partial charge < -0.3 is 9.67 Å². The first kappa shape index (κ1) is 9.68. The Balaban J connectivity index is 1.84. The fourth-order valence-electron chi connectivity index (χ4n) is 1.91. The number of aliphatic hydroxyl groups excluding tert-OH is 1. The number of imidazole rings is 1. The van der Waals surface area contributed by atoms with Crippen molar-refractivity contribution in [2.24, 2.45) is 0 Å². The quantitative estimate of drug-likeness (QED) is 0.777. The lowest BCUT2D eigenvalue weighted by atomic mass is 10.1. The monoisotopic (exact) mass is 195 g/mol. The van der Waals surface area contributed by atoms with Crippen molar-refractivity contribution in [3.05, 3.63) is 18.7 Å². The molecule has 14 heavy (non-hydrogen) atoms. The summed E-state index contributed by atoms with van der Waals surface area (Å²) in [4.78, 5) is 6.23. The van der Waals surface area contributed by atoms with Gasteiger partial charge in [0.25, 0.3) is 0 Å². The molecule has 2 heterocycles. The summed E-state index contributed by atoms with van der Waals surface area (Å²) >= 11 is 0. The predicted octanol–water partition coefficient (Wildman–Crippen LogP) is 0.860. The zero-order chi connectivity index (χ0) is 9.80. The fraction of sp³-hybridized carbons (Fsp3) is 0.700. The molecule has 0 saturated carbocycles. The van der Waals surface area contributed by atoms with Crippen LogP contribution in [0.3, 0.4) is 0 Å². The van der Waals surface area contributed by atoms with E-state index in [-0.39, 0.29) is 0 Å². The Morgan fingerprint density at radius 2 is 2.07 bits per heavy atom. The number of aliphatic hydroxyl groups is 1. The van der Waals surface area contributed by atoms with Crippen LogP contribution in [0.4, 0.5) is 0 Å². The van der Waals surface area contributed by atoms with Gasteiger partial charge in [-0.3, -0.25) is 4.90 Å². The van der Waals surface area contributed by atoms with Crippen molar-refractivity contribution in [1.82, 2.24) is 14.5 Å². The van der Waals surface area contributed by atoms with E-state index in [0.717, 1.165) is 19.6 Å². The highest BCUT2D eigenvalue weighted by molar-refractivity contribution is 4.78. The molecule has 1 aliphatic heterocycles. The minimum Gasteiger partial charge on any atom is -0.372 e. The Bertz CT molecular complexity index is 254. The summed E-state index contributed by atoms with van der Waals surface area (Å²) < 4.78 is 1.74. The highest BCUT2D eigenvalue weighted by Gasteiger charge is 2.14. The van der Waals surface area contributed by atoms with Gasteiger partial charge in [-0.05, 0) is 25.9 Å². The summed E-state index contributed by atoms with van der Waals surface area (Å²) in [6, 6.07) is 0. The summed E-state index contributed by atoms with van der Waals surface area (Å²) in [7, 11) is 0. The second-order valence-electron chi connectivity index (χ2n) is 3.85. The molecule has 0 radical (unpaired) electrons. The van der Waals surface area contributed by atoms with Gasteiger partial charge in [-0.25, -0.2) is 4.98 Å². The minimum absolute atomic E-state index is 0.449. The van der Waals surface area contributed by atoms with Crippen molar-refractivity contribution < 1.29 is 5.11 Å². The van der Waals surface area contributed by atoms with Crippen LogP contribution in [0.25, 0.3) is 0 Å². The molecule has 1 saturated heterocycles. The van der Waals surface area contributed by atoms with Crippen LogP contribution >= 0.6 is 0 Å². The number of hydrogen-bond donors (Lipinski definition) is 1. The largest absolute Gasteiger partial charge is 0.372 e. The molecular formula is C10H17N3O. The number of likely N-dealkylation sites (tertiary alicyclic amines) is 1. The Morgan fingerprint density at radius 1 is 1.29 bits per heavy atom. The first-order valence-electron chi connectivity index (χ1n) is 5.24. The Hall–Kier alpha value is -0.870. The van der Waals surface area contributed by atoms with E-state index in [0.29, 0.717) is 0 Å². The van der Waals surface area contributed by atoms with Gasteiger partial charge in [0, 0.05) is 18.9 Å².